The largest absolute Gasteiger partial charge is 1.00 e. The molecular weight excluding hydrogens is 455 g/mol. The molecule has 2 bridgehead atoms. The number of pyridine rings is 1. The lowest BCUT2D eigenvalue weighted by atomic mass is 9.71. The van der Waals surface area contributed by atoms with Gasteiger partial charge in [0.05, 0.1) is 18.6 Å². The van der Waals surface area contributed by atoms with E-state index < -0.39 is 6.10 Å². The minimum Gasteiger partial charge on any atom is -1.00 e. The molecule has 3 aliphatic rings. The summed E-state index contributed by atoms with van der Waals surface area (Å²) in [7, 11) is 0. The molecule has 4 unspecified atom stereocenters. The van der Waals surface area contributed by atoms with Gasteiger partial charge in [-0.25, -0.2) is 4.39 Å². The van der Waals surface area contributed by atoms with Gasteiger partial charge in [0.15, 0.2) is 0 Å². The summed E-state index contributed by atoms with van der Waals surface area (Å²) in [5, 5.41) is 12.7. The van der Waals surface area contributed by atoms with E-state index >= 15 is 0 Å². The van der Waals surface area contributed by atoms with Gasteiger partial charge in [0, 0.05) is 35.9 Å². The maximum Gasteiger partial charge on any atom is 0.131 e. The lowest BCUT2D eigenvalue weighted by Crippen LogP contribution is -3.00. The zero-order valence-corrected chi connectivity index (χ0v) is 19.1. The number of quaternary nitrogens is 1. The van der Waals surface area contributed by atoms with Crippen LogP contribution in [0.4, 0.5) is 4.39 Å². The molecule has 31 heavy (non-hydrogen) atoms. The molecule has 5 atom stereocenters. The minimum absolute atomic E-state index is 0. The number of aliphatic hydroxyl groups excluding tert-OH is 1. The Morgan fingerprint density at radius 2 is 1.94 bits per heavy atom. The minimum atomic E-state index is -0.563. The molecule has 3 aromatic rings. The maximum absolute atomic E-state index is 13.5. The predicted molar refractivity (Wildman–Crippen MR) is 117 cm³/mol. The van der Waals surface area contributed by atoms with Crippen molar-refractivity contribution < 1.29 is 31.0 Å². The van der Waals surface area contributed by atoms with Crippen molar-refractivity contribution in [2.75, 3.05) is 13.1 Å². The predicted octanol–water partition coefficient (Wildman–Crippen LogP) is 2.02. The van der Waals surface area contributed by atoms with E-state index in [1.807, 2.05) is 42.5 Å². The summed E-state index contributed by atoms with van der Waals surface area (Å²) in [5.41, 5.74) is 3.00. The molecule has 3 fully saturated rings. The van der Waals surface area contributed by atoms with Gasteiger partial charge in [0.2, 0.25) is 0 Å². The van der Waals surface area contributed by atoms with Crippen LogP contribution in [0.2, 0.25) is 0 Å². The van der Waals surface area contributed by atoms with Gasteiger partial charge in [0.1, 0.15) is 24.5 Å². The van der Waals surface area contributed by atoms with Crippen molar-refractivity contribution in [3.8, 4) is 0 Å². The molecule has 2 aromatic carbocycles. The van der Waals surface area contributed by atoms with E-state index in [-0.39, 0.29) is 28.8 Å². The van der Waals surface area contributed by atoms with Gasteiger partial charge in [-0.15, -0.1) is 6.58 Å². The fraction of sp³-hybridized carbons (Fsp3) is 0.346. The van der Waals surface area contributed by atoms with Crippen molar-refractivity contribution in [2.24, 2.45) is 11.8 Å². The number of piperidine rings is 3. The van der Waals surface area contributed by atoms with Gasteiger partial charge in [-0.3, -0.25) is 4.98 Å². The Balaban J connectivity index is 0.00000231. The van der Waals surface area contributed by atoms with Gasteiger partial charge >= 0.3 is 0 Å². The molecule has 6 rings (SSSR count). The van der Waals surface area contributed by atoms with Crippen LogP contribution in [0.15, 0.2) is 73.4 Å². The lowest BCUT2D eigenvalue weighted by Gasteiger charge is -2.58. The summed E-state index contributed by atoms with van der Waals surface area (Å²) < 4.78 is 14.3. The van der Waals surface area contributed by atoms with Crippen LogP contribution in [0, 0.1) is 17.7 Å². The third-order valence-electron chi connectivity index (χ3n) is 7.45. The van der Waals surface area contributed by atoms with Gasteiger partial charge in [-0.05, 0) is 35.7 Å². The average molecular weight is 483 g/mol. The van der Waals surface area contributed by atoms with Gasteiger partial charge in [-0.1, -0.05) is 36.4 Å². The van der Waals surface area contributed by atoms with E-state index in [0.717, 1.165) is 59.0 Å². The summed E-state index contributed by atoms with van der Waals surface area (Å²) in [6, 6.07) is 17.0. The summed E-state index contributed by atoms with van der Waals surface area (Å²) in [4.78, 5) is 4.47. The van der Waals surface area contributed by atoms with Crippen molar-refractivity contribution in [1.29, 1.82) is 0 Å². The molecule has 4 heterocycles. The molecule has 3 saturated heterocycles. The molecule has 0 saturated carbocycles. The number of para-hydroxylation sites is 1. The van der Waals surface area contributed by atoms with E-state index in [2.05, 4.69) is 17.6 Å². The topological polar surface area (TPSA) is 33.1 Å². The Bertz CT molecular complexity index is 1070. The van der Waals surface area contributed by atoms with Gasteiger partial charge in [0.25, 0.3) is 0 Å². The molecule has 0 amide bonds. The third kappa shape index (κ3) is 3.95. The molecule has 3 aliphatic heterocycles. The Morgan fingerprint density at radius 3 is 2.71 bits per heavy atom. The van der Waals surface area contributed by atoms with E-state index in [0.29, 0.717) is 11.8 Å². The van der Waals surface area contributed by atoms with Crippen LogP contribution in [-0.2, 0) is 6.54 Å². The summed E-state index contributed by atoms with van der Waals surface area (Å²) >= 11 is 0. The highest BCUT2D eigenvalue weighted by atomic mass is 79.9. The SMILES string of the molecule is C=CC1C[N+]2(Cc3ccc(F)cc3)CCC1CC2[C@H](O)c1ccnc2ccccc12.[Br-]. The Hall–Kier alpha value is -2.08. The number of hydrogen-bond donors (Lipinski definition) is 1. The first kappa shape index (κ1) is 22.1. The number of benzene rings is 2. The molecule has 162 valence electrons. The van der Waals surface area contributed by atoms with Crippen LogP contribution in [0.5, 0.6) is 0 Å². The molecule has 0 spiro atoms. The van der Waals surface area contributed by atoms with Gasteiger partial charge < -0.3 is 26.6 Å². The highest BCUT2D eigenvalue weighted by Crippen LogP contribution is 2.48. The van der Waals surface area contributed by atoms with E-state index in [1.165, 1.54) is 12.1 Å². The molecule has 1 N–H and O–H groups in total. The van der Waals surface area contributed by atoms with Crippen molar-refractivity contribution in [3.05, 3.63) is 90.4 Å². The number of halogens is 2. The molecular formula is C26H28BrFN2O. The van der Waals surface area contributed by atoms with Crippen LogP contribution in [0.1, 0.15) is 30.1 Å². The fourth-order valence-corrected chi connectivity index (χ4v) is 5.92. The van der Waals surface area contributed by atoms with E-state index in [4.69, 9.17) is 0 Å². The smallest absolute Gasteiger partial charge is 0.131 e. The van der Waals surface area contributed by atoms with Crippen molar-refractivity contribution in [1.82, 2.24) is 4.98 Å². The second-order valence-corrected chi connectivity index (χ2v) is 9.02. The molecule has 3 nitrogen and oxygen atoms in total. The lowest BCUT2D eigenvalue weighted by molar-refractivity contribution is -0.984. The van der Waals surface area contributed by atoms with Crippen LogP contribution < -0.4 is 17.0 Å². The van der Waals surface area contributed by atoms with Gasteiger partial charge in [-0.2, -0.15) is 0 Å². The first-order valence-corrected chi connectivity index (χ1v) is 10.8. The first-order chi connectivity index (χ1) is 14.6. The quantitative estimate of drug-likeness (QED) is 0.445. The highest BCUT2D eigenvalue weighted by molar-refractivity contribution is 5.82. The number of rotatable bonds is 5. The first-order valence-electron chi connectivity index (χ1n) is 10.8. The third-order valence-corrected chi connectivity index (χ3v) is 7.45. The zero-order chi connectivity index (χ0) is 20.7. The van der Waals surface area contributed by atoms with Crippen LogP contribution in [0.3, 0.4) is 0 Å². The number of hydrogen-bond acceptors (Lipinski definition) is 2. The normalized spacial score (nSPS) is 28.1. The fourth-order valence-electron chi connectivity index (χ4n) is 5.92. The molecule has 5 heteroatoms. The van der Waals surface area contributed by atoms with E-state index in [1.54, 1.807) is 6.20 Å². The molecule has 0 aliphatic carbocycles. The second kappa shape index (κ2) is 8.81. The maximum atomic E-state index is 13.5. The second-order valence-electron chi connectivity index (χ2n) is 9.02. The summed E-state index contributed by atoms with van der Waals surface area (Å²) in [6.07, 6.45) is 5.47. The van der Waals surface area contributed by atoms with Crippen molar-refractivity contribution >= 4 is 10.9 Å². The zero-order valence-electron chi connectivity index (χ0n) is 17.5. The Kier molecular flexibility index (Phi) is 6.29. The Labute approximate surface area is 193 Å². The summed E-state index contributed by atoms with van der Waals surface area (Å²) in [5.74, 6) is 0.834. The number of fused-ring (bicyclic) bond motifs is 4. The monoisotopic (exact) mass is 482 g/mol. The summed E-state index contributed by atoms with van der Waals surface area (Å²) in [6.45, 7) is 6.92. The van der Waals surface area contributed by atoms with E-state index in [9.17, 15) is 9.50 Å². The average Bonchev–Trinajstić information content (AvgIpc) is 2.79. The number of aliphatic hydroxyl groups is 1. The standard InChI is InChI=1S/C26H28FN2O.BrH/c1-2-19-17-29(16-18-7-9-21(27)10-8-18)14-12-20(19)15-25(29)26(30)23-11-13-28-24-6-4-3-5-22(23)24;/h2-11,13,19-20,25-26,30H,1,12,14-17H2;1H/q+1;/p-1/t19?,20?,25?,26-,29?;/m1./s1. The number of aromatic nitrogens is 1. The molecule has 1 aromatic heterocycles. The van der Waals surface area contributed by atoms with Crippen LogP contribution in [-0.4, -0.2) is 33.7 Å². The van der Waals surface area contributed by atoms with Crippen molar-refractivity contribution in [3.63, 3.8) is 0 Å². The van der Waals surface area contributed by atoms with Crippen LogP contribution in [0.25, 0.3) is 10.9 Å². The number of nitrogens with zero attached hydrogens (tertiary/aromatic N) is 2. The highest BCUT2D eigenvalue weighted by Gasteiger charge is 2.53. The molecule has 0 radical (unpaired) electrons. The van der Waals surface area contributed by atoms with Crippen LogP contribution >= 0.6 is 0 Å². The Morgan fingerprint density at radius 1 is 1.16 bits per heavy atom. The van der Waals surface area contributed by atoms with Crippen molar-refractivity contribution in [2.45, 2.75) is 31.5 Å².